The van der Waals surface area contributed by atoms with Gasteiger partial charge in [0, 0.05) is 12.6 Å². The summed E-state index contributed by atoms with van der Waals surface area (Å²) < 4.78 is 5.28. The quantitative estimate of drug-likeness (QED) is 0.824. The second kappa shape index (κ2) is 6.95. The molecule has 1 aliphatic rings. The van der Waals surface area contributed by atoms with Crippen LogP contribution in [0.2, 0.25) is 0 Å². The summed E-state index contributed by atoms with van der Waals surface area (Å²) in [6.45, 7) is 0.979. The zero-order chi connectivity index (χ0) is 14.5. The van der Waals surface area contributed by atoms with Gasteiger partial charge in [-0.3, -0.25) is 0 Å². The number of nitrogens with one attached hydrogen (secondary N) is 1. The van der Waals surface area contributed by atoms with E-state index in [0.717, 1.165) is 12.3 Å². The molecular formula is C19H25NO. The summed E-state index contributed by atoms with van der Waals surface area (Å²) in [5.41, 5.74) is 1.37. The fraction of sp³-hybridized carbons (Fsp3) is 0.474. The molecule has 2 aromatic rings. The number of rotatable bonds is 4. The number of ether oxygens (including phenoxy) is 1. The molecule has 2 heteroatoms. The molecule has 21 heavy (non-hydrogen) atoms. The number of fused-ring (bicyclic) bond motifs is 1. The molecule has 0 heterocycles. The van der Waals surface area contributed by atoms with Crippen molar-refractivity contribution >= 4 is 10.8 Å². The van der Waals surface area contributed by atoms with Crippen molar-refractivity contribution in [3.8, 4) is 5.75 Å². The van der Waals surface area contributed by atoms with Crippen molar-refractivity contribution in [3.05, 3.63) is 42.0 Å². The number of hydrogen-bond donors (Lipinski definition) is 1. The van der Waals surface area contributed by atoms with Crippen molar-refractivity contribution in [1.82, 2.24) is 5.32 Å². The molecule has 1 aliphatic carbocycles. The lowest BCUT2D eigenvalue weighted by atomic mass is 10.1. The lowest BCUT2D eigenvalue weighted by molar-refractivity contribution is 0.415. The fourth-order valence-electron chi connectivity index (χ4n) is 3.26. The summed E-state index contributed by atoms with van der Waals surface area (Å²) >= 11 is 0. The average molecular weight is 283 g/mol. The van der Waals surface area contributed by atoms with Crippen molar-refractivity contribution in [2.45, 2.75) is 51.1 Å². The SMILES string of the molecule is COc1ccc2cc(CNC3CCCCCC3)ccc2c1. The minimum absolute atomic E-state index is 0.707. The van der Waals surface area contributed by atoms with Crippen LogP contribution in [0.25, 0.3) is 10.8 Å². The van der Waals surface area contributed by atoms with Crippen LogP contribution in [-0.4, -0.2) is 13.2 Å². The predicted molar refractivity (Wildman–Crippen MR) is 88.8 cm³/mol. The standard InChI is InChI=1S/C19H25NO/c1-21-19-11-10-16-12-15(8-9-17(16)13-19)14-20-18-6-4-2-3-5-7-18/h8-13,18,20H,2-7,14H2,1H3. The van der Waals surface area contributed by atoms with Crippen LogP contribution in [0, 0.1) is 0 Å². The Bertz CT molecular complexity index is 585. The highest BCUT2D eigenvalue weighted by molar-refractivity contribution is 5.84. The molecule has 0 unspecified atom stereocenters. The van der Waals surface area contributed by atoms with Gasteiger partial charge in [-0.25, -0.2) is 0 Å². The maximum absolute atomic E-state index is 5.28. The summed E-state index contributed by atoms with van der Waals surface area (Å²) in [4.78, 5) is 0. The van der Waals surface area contributed by atoms with Gasteiger partial charge in [0.05, 0.1) is 7.11 Å². The third-order valence-electron chi connectivity index (χ3n) is 4.56. The van der Waals surface area contributed by atoms with Crippen LogP contribution in [0.3, 0.4) is 0 Å². The van der Waals surface area contributed by atoms with Crippen LogP contribution in [0.4, 0.5) is 0 Å². The largest absolute Gasteiger partial charge is 0.497 e. The van der Waals surface area contributed by atoms with E-state index in [1.165, 1.54) is 54.9 Å². The highest BCUT2D eigenvalue weighted by Gasteiger charge is 2.11. The zero-order valence-corrected chi connectivity index (χ0v) is 12.9. The Kier molecular flexibility index (Phi) is 4.76. The second-order valence-corrected chi connectivity index (χ2v) is 6.12. The van der Waals surface area contributed by atoms with Crippen LogP contribution < -0.4 is 10.1 Å². The van der Waals surface area contributed by atoms with Gasteiger partial charge in [0.2, 0.25) is 0 Å². The molecule has 2 nitrogen and oxygen atoms in total. The van der Waals surface area contributed by atoms with Gasteiger partial charge in [-0.1, -0.05) is 43.9 Å². The Hall–Kier alpha value is -1.54. The molecule has 0 bridgehead atoms. The third kappa shape index (κ3) is 3.76. The number of benzene rings is 2. The summed E-state index contributed by atoms with van der Waals surface area (Å²) in [6.07, 6.45) is 8.27. The van der Waals surface area contributed by atoms with Crippen LogP contribution in [-0.2, 0) is 6.54 Å². The first-order valence-electron chi connectivity index (χ1n) is 8.15. The molecule has 2 aromatic carbocycles. The lowest BCUT2D eigenvalue weighted by Crippen LogP contribution is -2.27. The molecule has 0 radical (unpaired) electrons. The van der Waals surface area contributed by atoms with Gasteiger partial charge in [-0.05, 0) is 47.4 Å². The van der Waals surface area contributed by atoms with E-state index in [2.05, 4.69) is 35.6 Å². The monoisotopic (exact) mass is 283 g/mol. The van der Waals surface area contributed by atoms with Gasteiger partial charge in [0.15, 0.2) is 0 Å². The lowest BCUT2D eigenvalue weighted by Gasteiger charge is -2.16. The Balaban J connectivity index is 1.66. The Morgan fingerprint density at radius 2 is 1.67 bits per heavy atom. The van der Waals surface area contributed by atoms with Crippen molar-refractivity contribution in [1.29, 1.82) is 0 Å². The molecule has 0 spiro atoms. The van der Waals surface area contributed by atoms with Gasteiger partial charge in [-0.15, -0.1) is 0 Å². The molecule has 3 rings (SSSR count). The van der Waals surface area contributed by atoms with Crippen LogP contribution in [0.1, 0.15) is 44.1 Å². The van der Waals surface area contributed by atoms with Crippen molar-refractivity contribution < 1.29 is 4.74 Å². The van der Waals surface area contributed by atoms with Gasteiger partial charge in [-0.2, -0.15) is 0 Å². The molecule has 0 aromatic heterocycles. The molecule has 1 fully saturated rings. The fourth-order valence-corrected chi connectivity index (χ4v) is 3.26. The average Bonchev–Trinajstić information content (AvgIpc) is 2.81. The van der Waals surface area contributed by atoms with Crippen LogP contribution >= 0.6 is 0 Å². The topological polar surface area (TPSA) is 21.3 Å². The summed E-state index contributed by atoms with van der Waals surface area (Å²) in [6, 6.07) is 13.7. The molecule has 0 amide bonds. The van der Waals surface area contributed by atoms with E-state index in [1.807, 2.05) is 6.07 Å². The van der Waals surface area contributed by atoms with Gasteiger partial charge >= 0.3 is 0 Å². The minimum Gasteiger partial charge on any atom is -0.497 e. The van der Waals surface area contributed by atoms with Crippen LogP contribution in [0.15, 0.2) is 36.4 Å². The molecule has 0 atom stereocenters. The van der Waals surface area contributed by atoms with E-state index >= 15 is 0 Å². The zero-order valence-electron chi connectivity index (χ0n) is 12.9. The van der Waals surface area contributed by atoms with Gasteiger partial charge in [0.1, 0.15) is 5.75 Å². The number of methoxy groups -OCH3 is 1. The highest BCUT2D eigenvalue weighted by Crippen LogP contribution is 2.22. The smallest absolute Gasteiger partial charge is 0.119 e. The first-order valence-corrected chi connectivity index (χ1v) is 8.15. The van der Waals surface area contributed by atoms with Crippen molar-refractivity contribution in [2.75, 3.05) is 7.11 Å². The van der Waals surface area contributed by atoms with Gasteiger partial charge in [0.25, 0.3) is 0 Å². The van der Waals surface area contributed by atoms with E-state index in [4.69, 9.17) is 4.74 Å². The number of hydrogen-bond acceptors (Lipinski definition) is 2. The Morgan fingerprint density at radius 1 is 0.952 bits per heavy atom. The minimum atomic E-state index is 0.707. The molecule has 1 saturated carbocycles. The van der Waals surface area contributed by atoms with E-state index in [-0.39, 0.29) is 0 Å². The Labute approximate surface area is 127 Å². The normalized spacial score (nSPS) is 16.8. The van der Waals surface area contributed by atoms with Crippen LogP contribution in [0.5, 0.6) is 5.75 Å². The molecule has 1 N–H and O–H groups in total. The highest BCUT2D eigenvalue weighted by atomic mass is 16.5. The summed E-state index contributed by atoms with van der Waals surface area (Å²) in [7, 11) is 1.71. The third-order valence-corrected chi connectivity index (χ3v) is 4.56. The summed E-state index contributed by atoms with van der Waals surface area (Å²) in [5, 5.41) is 6.27. The second-order valence-electron chi connectivity index (χ2n) is 6.12. The van der Waals surface area contributed by atoms with E-state index in [0.29, 0.717) is 6.04 Å². The van der Waals surface area contributed by atoms with E-state index in [1.54, 1.807) is 7.11 Å². The van der Waals surface area contributed by atoms with Crippen molar-refractivity contribution in [2.24, 2.45) is 0 Å². The first-order chi connectivity index (χ1) is 10.3. The molecule has 0 aliphatic heterocycles. The van der Waals surface area contributed by atoms with Crippen molar-refractivity contribution in [3.63, 3.8) is 0 Å². The molecular weight excluding hydrogens is 258 g/mol. The van der Waals surface area contributed by atoms with E-state index < -0.39 is 0 Å². The van der Waals surface area contributed by atoms with E-state index in [9.17, 15) is 0 Å². The maximum Gasteiger partial charge on any atom is 0.119 e. The maximum atomic E-state index is 5.28. The molecule has 112 valence electrons. The molecule has 0 saturated heterocycles. The first kappa shape index (κ1) is 14.4. The van der Waals surface area contributed by atoms with Gasteiger partial charge < -0.3 is 10.1 Å². The predicted octanol–water partition coefficient (Wildman–Crippen LogP) is 4.66. The summed E-state index contributed by atoms with van der Waals surface area (Å²) in [5.74, 6) is 0.923. The Morgan fingerprint density at radius 3 is 2.43 bits per heavy atom.